The van der Waals surface area contributed by atoms with E-state index in [9.17, 15) is 26.4 Å². The molecule has 1 aromatic heterocycles. The standard InChI is InChI=1S/C18H21F3N4O5S/c1-2-12-4-5-13(18(19,20)21)10-14(12)22-17-23-15(11-30-17)16(26)24-31(27,28)25-6-3-8-29-9-7-25/h4-5,10-11H,2-3,6-9H2,1H3,(H,22,23)(H,24,26). The summed E-state index contributed by atoms with van der Waals surface area (Å²) in [6, 6.07) is 2.96. The van der Waals surface area contributed by atoms with Crippen molar-refractivity contribution in [2.75, 3.05) is 31.6 Å². The topological polar surface area (TPSA) is 114 Å². The van der Waals surface area contributed by atoms with Crippen molar-refractivity contribution >= 4 is 27.8 Å². The Hall–Kier alpha value is -2.64. The zero-order valence-electron chi connectivity index (χ0n) is 16.5. The summed E-state index contributed by atoms with van der Waals surface area (Å²) in [7, 11) is -4.11. The quantitative estimate of drug-likeness (QED) is 0.679. The minimum absolute atomic E-state index is 0.101. The van der Waals surface area contributed by atoms with Gasteiger partial charge in [0.1, 0.15) is 6.26 Å². The van der Waals surface area contributed by atoms with Crippen LogP contribution < -0.4 is 10.0 Å². The molecule has 0 spiro atoms. The number of anilines is 2. The molecule has 3 rings (SSSR count). The van der Waals surface area contributed by atoms with Crippen molar-refractivity contribution in [2.45, 2.75) is 25.9 Å². The lowest BCUT2D eigenvalue weighted by Gasteiger charge is -2.18. The number of carbonyl (C=O) groups is 1. The SMILES string of the molecule is CCc1ccc(C(F)(F)F)cc1Nc1nc(C(=O)NS(=O)(=O)N2CCCOCC2)co1. The molecule has 0 radical (unpaired) electrons. The number of oxazole rings is 1. The highest BCUT2D eigenvalue weighted by Crippen LogP contribution is 2.33. The van der Waals surface area contributed by atoms with Gasteiger partial charge >= 0.3 is 16.4 Å². The van der Waals surface area contributed by atoms with Gasteiger partial charge in [-0.25, -0.2) is 4.72 Å². The molecule has 0 bridgehead atoms. The molecule has 1 aromatic carbocycles. The number of alkyl halides is 3. The molecule has 170 valence electrons. The number of benzene rings is 1. The Morgan fingerprint density at radius 2 is 2.03 bits per heavy atom. The first-order valence-corrected chi connectivity index (χ1v) is 10.9. The van der Waals surface area contributed by atoms with E-state index in [0.29, 0.717) is 25.0 Å². The number of ether oxygens (including phenoxy) is 1. The molecule has 31 heavy (non-hydrogen) atoms. The first-order valence-electron chi connectivity index (χ1n) is 9.43. The first-order chi connectivity index (χ1) is 14.6. The second-order valence-electron chi connectivity index (χ2n) is 6.69. The zero-order chi connectivity index (χ0) is 22.6. The van der Waals surface area contributed by atoms with Crippen molar-refractivity contribution in [1.29, 1.82) is 0 Å². The molecule has 2 N–H and O–H groups in total. The van der Waals surface area contributed by atoms with Crippen LogP contribution in [0.15, 0.2) is 28.9 Å². The third-order valence-corrected chi connectivity index (χ3v) is 6.03. The summed E-state index contributed by atoms with van der Waals surface area (Å²) in [5.74, 6) is -1.03. The van der Waals surface area contributed by atoms with Crippen LogP contribution in [-0.4, -0.2) is 49.9 Å². The van der Waals surface area contributed by atoms with Gasteiger partial charge in [-0.2, -0.15) is 30.9 Å². The molecule has 0 aliphatic carbocycles. The van der Waals surface area contributed by atoms with E-state index in [0.717, 1.165) is 22.7 Å². The molecule has 1 aliphatic heterocycles. The fourth-order valence-electron chi connectivity index (χ4n) is 2.93. The second kappa shape index (κ2) is 9.24. The molecule has 2 heterocycles. The fraction of sp³-hybridized carbons (Fsp3) is 0.444. The number of aromatic nitrogens is 1. The van der Waals surface area contributed by atoms with E-state index in [-0.39, 0.29) is 37.1 Å². The number of rotatable bonds is 6. The lowest BCUT2D eigenvalue weighted by atomic mass is 10.1. The summed E-state index contributed by atoms with van der Waals surface area (Å²) in [6.07, 6.45) is -2.69. The van der Waals surface area contributed by atoms with Gasteiger partial charge in [0.2, 0.25) is 0 Å². The molecule has 1 amide bonds. The second-order valence-corrected chi connectivity index (χ2v) is 8.36. The summed E-state index contributed by atoms with van der Waals surface area (Å²) >= 11 is 0. The van der Waals surface area contributed by atoms with Crippen LogP contribution in [0.2, 0.25) is 0 Å². The minimum atomic E-state index is -4.53. The summed E-state index contributed by atoms with van der Waals surface area (Å²) < 4.78 is 77.1. The van der Waals surface area contributed by atoms with Gasteiger partial charge in [-0.05, 0) is 30.5 Å². The number of carbonyl (C=O) groups excluding carboxylic acids is 1. The Balaban J connectivity index is 1.73. The van der Waals surface area contributed by atoms with E-state index in [1.165, 1.54) is 6.07 Å². The summed E-state index contributed by atoms with van der Waals surface area (Å²) in [4.78, 5) is 16.2. The molecular weight excluding hydrogens is 441 g/mol. The molecule has 1 aliphatic rings. The molecule has 0 atom stereocenters. The lowest BCUT2D eigenvalue weighted by Crippen LogP contribution is -2.44. The van der Waals surface area contributed by atoms with E-state index >= 15 is 0 Å². The van der Waals surface area contributed by atoms with Gasteiger partial charge in [0.15, 0.2) is 5.69 Å². The van der Waals surface area contributed by atoms with Gasteiger partial charge in [-0.1, -0.05) is 13.0 Å². The van der Waals surface area contributed by atoms with Gasteiger partial charge in [0.25, 0.3) is 11.9 Å². The van der Waals surface area contributed by atoms with Gasteiger partial charge in [-0.3, -0.25) is 4.79 Å². The Labute approximate surface area is 176 Å². The van der Waals surface area contributed by atoms with Crippen molar-refractivity contribution in [3.05, 3.63) is 41.3 Å². The first kappa shape index (κ1) is 23.0. The normalized spacial score (nSPS) is 16.0. The van der Waals surface area contributed by atoms with E-state index in [4.69, 9.17) is 9.15 Å². The number of nitrogens with one attached hydrogen (secondary N) is 2. The maximum atomic E-state index is 13.0. The smallest absolute Gasteiger partial charge is 0.416 e. The van der Waals surface area contributed by atoms with E-state index in [2.05, 4.69) is 10.3 Å². The molecule has 1 saturated heterocycles. The number of hydrogen-bond acceptors (Lipinski definition) is 7. The van der Waals surface area contributed by atoms with Crippen molar-refractivity contribution < 1.29 is 35.5 Å². The van der Waals surface area contributed by atoms with E-state index < -0.39 is 27.9 Å². The molecule has 13 heteroatoms. The Bertz CT molecular complexity index is 1030. The van der Waals surface area contributed by atoms with Crippen molar-refractivity contribution in [1.82, 2.24) is 14.0 Å². The third-order valence-electron chi connectivity index (χ3n) is 4.54. The fourth-order valence-corrected chi connectivity index (χ4v) is 4.08. The molecule has 1 fully saturated rings. The average molecular weight is 462 g/mol. The van der Waals surface area contributed by atoms with Gasteiger partial charge < -0.3 is 14.5 Å². The van der Waals surface area contributed by atoms with Crippen molar-refractivity contribution in [3.63, 3.8) is 0 Å². The molecule has 2 aromatic rings. The van der Waals surface area contributed by atoms with Crippen molar-refractivity contribution in [3.8, 4) is 0 Å². The molecule has 0 saturated carbocycles. The predicted octanol–water partition coefficient (Wildman–Crippen LogP) is 2.70. The number of halogens is 3. The highest BCUT2D eigenvalue weighted by Gasteiger charge is 2.31. The summed E-state index contributed by atoms with van der Waals surface area (Å²) in [5, 5.41) is 2.61. The third kappa shape index (κ3) is 5.74. The van der Waals surface area contributed by atoms with Gasteiger partial charge in [0.05, 0.1) is 12.2 Å². The van der Waals surface area contributed by atoms with Crippen molar-refractivity contribution in [2.24, 2.45) is 0 Å². The summed E-state index contributed by atoms with van der Waals surface area (Å²) in [5.41, 5.74) is -0.516. The lowest BCUT2D eigenvalue weighted by molar-refractivity contribution is -0.137. The highest BCUT2D eigenvalue weighted by atomic mass is 32.2. The van der Waals surface area contributed by atoms with Crippen LogP contribution in [-0.2, 0) is 27.5 Å². The van der Waals surface area contributed by atoms with Gasteiger partial charge in [0, 0.05) is 25.4 Å². The maximum Gasteiger partial charge on any atom is 0.416 e. The zero-order valence-corrected chi connectivity index (χ0v) is 17.3. The molecular formula is C18H21F3N4O5S. The molecule has 0 unspecified atom stereocenters. The Morgan fingerprint density at radius 1 is 1.26 bits per heavy atom. The van der Waals surface area contributed by atoms with Crippen LogP contribution in [0.5, 0.6) is 0 Å². The Morgan fingerprint density at radius 3 is 2.74 bits per heavy atom. The van der Waals surface area contributed by atoms with Crippen LogP contribution in [0.3, 0.4) is 0 Å². The minimum Gasteiger partial charge on any atom is -0.431 e. The predicted molar refractivity (Wildman–Crippen MR) is 104 cm³/mol. The summed E-state index contributed by atoms with van der Waals surface area (Å²) in [6.45, 7) is 2.70. The van der Waals surface area contributed by atoms with E-state index in [1.54, 1.807) is 6.92 Å². The number of amides is 1. The van der Waals surface area contributed by atoms with Crippen LogP contribution >= 0.6 is 0 Å². The Kier molecular flexibility index (Phi) is 6.86. The van der Waals surface area contributed by atoms with Gasteiger partial charge in [-0.15, -0.1) is 0 Å². The number of nitrogens with zero attached hydrogens (tertiary/aromatic N) is 2. The van der Waals surface area contributed by atoms with Crippen LogP contribution in [0, 0.1) is 0 Å². The molecule has 9 nitrogen and oxygen atoms in total. The highest BCUT2D eigenvalue weighted by molar-refractivity contribution is 7.87. The number of hydrogen-bond donors (Lipinski definition) is 2. The number of aryl methyl sites for hydroxylation is 1. The van der Waals surface area contributed by atoms with Crippen LogP contribution in [0.1, 0.15) is 35.0 Å². The largest absolute Gasteiger partial charge is 0.431 e. The average Bonchev–Trinajstić information content (AvgIpc) is 2.98. The van der Waals surface area contributed by atoms with E-state index in [1.807, 2.05) is 4.72 Å². The van der Waals surface area contributed by atoms with Crippen LogP contribution in [0.4, 0.5) is 24.9 Å². The monoisotopic (exact) mass is 462 g/mol. The maximum absolute atomic E-state index is 13.0. The van der Waals surface area contributed by atoms with Crippen LogP contribution in [0.25, 0.3) is 0 Å².